The fourth-order valence-electron chi connectivity index (χ4n) is 8.75. The van der Waals surface area contributed by atoms with Crippen molar-refractivity contribution in [2.75, 3.05) is 0 Å². The molecule has 12 aromatic rings. The molecule has 6 nitrogen and oxygen atoms in total. The van der Waals surface area contributed by atoms with Gasteiger partial charge in [0.1, 0.15) is 0 Å². The molecule has 0 aliphatic heterocycles. The number of pyridine rings is 3. The Morgan fingerprint density at radius 3 is 1.38 bits per heavy atom. The van der Waals surface area contributed by atoms with Crippen LogP contribution in [0.4, 0.5) is 0 Å². The van der Waals surface area contributed by atoms with E-state index in [9.17, 15) is 0 Å². The van der Waals surface area contributed by atoms with Gasteiger partial charge < -0.3 is 4.40 Å². The van der Waals surface area contributed by atoms with Crippen molar-refractivity contribution < 1.29 is 0 Å². The molecule has 0 saturated heterocycles. The van der Waals surface area contributed by atoms with Gasteiger partial charge in [-0.15, -0.1) is 0 Å². The van der Waals surface area contributed by atoms with Crippen molar-refractivity contribution >= 4 is 59.9 Å². The zero-order valence-electron chi connectivity index (χ0n) is 31.2. The highest BCUT2D eigenvalue weighted by atomic mass is 15.2. The van der Waals surface area contributed by atoms with Gasteiger partial charge in [0, 0.05) is 61.6 Å². The van der Waals surface area contributed by atoms with E-state index in [-0.39, 0.29) is 0 Å². The third-order valence-corrected chi connectivity index (χ3v) is 11.4. The minimum absolute atomic E-state index is 0.605. The number of para-hydroxylation sites is 2. The molecule has 6 heteroatoms. The molecule has 0 fully saturated rings. The van der Waals surface area contributed by atoms with E-state index in [2.05, 4.69) is 165 Å². The summed E-state index contributed by atoms with van der Waals surface area (Å²) in [5.41, 5.74) is 13.2. The fourth-order valence-corrected chi connectivity index (χ4v) is 8.75. The van der Waals surface area contributed by atoms with E-state index < -0.39 is 0 Å². The van der Waals surface area contributed by atoms with Gasteiger partial charge in [-0.25, -0.2) is 9.97 Å². The van der Waals surface area contributed by atoms with Gasteiger partial charge in [0.2, 0.25) is 5.95 Å². The predicted octanol–water partition coefficient (Wildman–Crippen LogP) is 12.7. The highest BCUT2D eigenvalue weighted by molar-refractivity contribution is 6.22. The van der Waals surface area contributed by atoms with E-state index in [1.807, 2.05) is 48.8 Å². The molecule has 6 aromatic carbocycles. The van der Waals surface area contributed by atoms with Gasteiger partial charge in [-0.05, 0) is 53.9 Å². The van der Waals surface area contributed by atoms with Gasteiger partial charge in [0.25, 0.3) is 0 Å². The smallest absolute Gasteiger partial charge is 0.235 e. The Labute approximate surface area is 333 Å². The average molecular weight is 741 g/mol. The van der Waals surface area contributed by atoms with E-state index in [4.69, 9.17) is 9.97 Å². The van der Waals surface area contributed by atoms with Crippen LogP contribution in [0.25, 0.3) is 111 Å². The summed E-state index contributed by atoms with van der Waals surface area (Å²) in [5.74, 6) is 0.605. The number of rotatable bonds is 5. The van der Waals surface area contributed by atoms with E-state index in [0.29, 0.717) is 5.95 Å². The van der Waals surface area contributed by atoms with Crippen LogP contribution in [0.3, 0.4) is 0 Å². The van der Waals surface area contributed by atoms with Gasteiger partial charge in [-0.2, -0.15) is 0 Å². The topological polar surface area (TPSA) is 60.9 Å². The van der Waals surface area contributed by atoms with Gasteiger partial charge in [-0.1, -0.05) is 133 Å². The molecule has 0 saturated carbocycles. The second-order valence-corrected chi connectivity index (χ2v) is 14.7. The summed E-state index contributed by atoms with van der Waals surface area (Å²) in [6, 6.07) is 64.0. The molecule has 0 aliphatic carbocycles. The van der Waals surface area contributed by atoms with Crippen molar-refractivity contribution in [2.45, 2.75) is 0 Å². The van der Waals surface area contributed by atoms with Crippen LogP contribution in [0.5, 0.6) is 0 Å². The standard InChI is InChI=1S/C52H32N6/c1-2-13-40-38(11-1)39-12-3-5-17-47(39)57-49(40)31-37-27-28-42-41-14-4-6-18-48(41)58(51(42)50(37)57)52-55-45(35-23-19-33(20-24-35)43-15-7-9-29-53-43)32-46(56-52)36-25-21-34(22-26-36)44-16-8-10-30-54-44/h1-32H. The molecule has 0 amide bonds. The number of nitrogens with zero attached hydrogens (tertiary/aromatic N) is 6. The quantitative estimate of drug-likeness (QED) is 0.165. The van der Waals surface area contributed by atoms with Crippen molar-refractivity contribution in [2.24, 2.45) is 0 Å². The maximum atomic E-state index is 5.44. The monoisotopic (exact) mass is 740 g/mol. The van der Waals surface area contributed by atoms with Crippen molar-refractivity contribution in [3.63, 3.8) is 0 Å². The molecular formula is C52H32N6. The maximum absolute atomic E-state index is 5.44. The lowest BCUT2D eigenvalue weighted by atomic mass is 10.0. The predicted molar refractivity (Wildman–Crippen MR) is 237 cm³/mol. The lowest BCUT2D eigenvalue weighted by Gasteiger charge is -2.14. The zero-order chi connectivity index (χ0) is 38.2. The molecule has 58 heavy (non-hydrogen) atoms. The molecule has 0 radical (unpaired) electrons. The summed E-state index contributed by atoms with van der Waals surface area (Å²) in [5, 5.41) is 7.13. The normalized spacial score (nSPS) is 11.8. The minimum Gasteiger partial charge on any atom is -0.307 e. The van der Waals surface area contributed by atoms with Crippen molar-refractivity contribution in [1.29, 1.82) is 0 Å². The molecule has 0 N–H and O–H groups in total. The largest absolute Gasteiger partial charge is 0.307 e. The first-order valence-electron chi connectivity index (χ1n) is 19.5. The molecule has 0 atom stereocenters. The number of hydrogen-bond donors (Lipinski definition) is 0. The summed E-state index contributed by atoms with van der Waals surface area (Å²) >= 11 is 0. The van der Waals surface area contributed by atoms with E-state index >= 15 is 0 Å². The van der Waals surface area contributed by atoms with Gasteiger partial charge in [0.15, 0.2) is 0 Å². The van der Waals surface area contributed by atoms with Crippen LogP contribution in [0, 0.1) is 0 Å². The first-order chi connectivity index (χ1) is 28.8. The number of benzene rings is 6. The third kappa shape index (κ3) is 4.98. The summed E-state index contributed by atoms with van der Waals surface area (Å²) in [7, 11) is 0. The Balaban J connectivity index is 1.16. The zero-order valence-corrected chi connectivity index (χ0v) is 31.2. The summed E-state index contributed by atoms with van der Waals surface area (Å²) < 4.78 is 4.73. The summed E-state index contributed by atoms with van der Waals surface area (Å²) in [6.07, 6.45) is 3.65. The molecule has 6 heterocycles. The molecule has 0 spiro atoms. The van der Waals surface area contributed by atoms with Crippen LogP contribution in [-0.4, -0.2) is 28.9 Å². The van der Waals surface area contributed by atoms with E-state index in [0.717, 1.165) is 83.3 Å². The maximum Gasteiger partial charge on any atom is 0.235 e. The Morgan fingerprint density at radius 2 is 0.810 bits per heavy atom. The van der Waals surface area contributed by atoms with Crippen LogP contribution in [0.1, 0.15) is 0 Å². The van der Waals surface area contributed by atoms with Crippen molar-refractivity contribution in [3.05, 3.63) is 194 Å². The third-order valence-electron chi connectivity index (χ3n) is 11.4. The molecule has 0 unspecified atom stereocenters. The van der Waals surface area contributed by atoms with E-state index in [1.54, 1.807) is 0 Å². The second kappa shape index (κ2) is 12.8. The molecular weight excluding hydrogens is 709 g/mol. The Morgan fingerprint density at radius 1 is 0.328 bits per heavy atom. The highest BCUT2D eigenvalue weighted by Crippen LogP contribution is 2.41. The molecule has 0 bridgehead atoms. The SMILES string of the molecule is c1ccc(-c2ccc(-c3cc(-c4ccc(-c5ccccn5)cc4)nc(-n4c5ccccc5c5ccc6cc7c8ccccc8c8ccccc8n7c6c54)n3)cc2)nc1. The summed E-state index contributed by atoms with van der Waals surface area (Å²) in [4.78, 5) is 20.0. The van der Waals surface area contributed by atoms with Crippen LogP contribution < -0.4 is 0 Å². The lowest BCUT2D eigenvalue weighted by molar-refractivity contribution is 0.996. The van der Waals surface area contributed by atoms with Gasteiger partial charge >= 0.3 is 0 Å². The Hall–Kier alpha value is -7.96. The first-order valence-corrected chi connectivity index (χ1v) is 19.5. The Bertz CT molecular complexity index is 3430. The number of fused-ring (bicyclic) bond motifs is 12. The minimum atomic E-state index is 0.605. The van der Waals surface area contributed by atoms with E-state index in [1.165, 1.54) is 21.7 Å². The van der Waals surface area contributed by atoms with Crippen LogP contribution in [-0.2, 0) is 0 Å². The molecule has 6 aromatic heterocycles. The fraction of sp³-hybridized carbons (Fsp3) is 0. The number of aromatic nitrogens is 6. The first kappa shape index (κ1) is 32.3. The van der Waals surface area contributed by atoms with Crippen molar-refractivity contribution in [3.8, 4) is 51.0 Å². The molecule has 270 valence electrons. The highest BCUT2D eigenvalue weighted by Gasteiger charge is 2.22. The average Bonchev–Trinajstić information content (AvgIpc) is 3.87. The Kier molecular flexibility index (Phi) is 7.13. The van der Waals surface area contributed by atoms with Crippen LogP contribution in [0.15, 0.2) is 194 Å². The molecule has 12 rings (SSSR count). The number of hydrogen-bond acceptors (Lipinski definition) is 4. The second-order valence-electron chi connectivity index (χ2n) is 14.7. The summed E-state index contributed by atoms with van der Waals surface area (Å²) in [6.45, 7) is 0. The molecule has 0 aliphatic rings. The van der Waals surface area contributed by atoms with Gasteiger partial charge in [0.05, 0.1) is 50.4 Å². The van der Waals surface area contributed by atoms with Crippen LogP contribution in [0.2, 0.25) is 0 Å². The van der Waals surface area contributed by atoms with Gasteiger partial charge in [-0.3, -0.25) is 14.5 Å². The lowest BCUT2D eigenvalue weighted by Crippen LogP contribution is -2.05. The van der Waals surface area contributed by atoms with Crippen molar-refractivity contribution in [1.82, 2.24) is 28.9 Å². The van der Waals surface area contributed by atoms with Crippen LogP contribution >= 0.6 is 0 Å².